The molecule has 0 saturated carbocycles. The van der Waals surface area contributed by atoms with Crippen LogP contribution >= 0.6 is 0 Å². The minimum atomic E-state index is -3.13. The van der Waals surface area contributed by atoms with E-state index < -0.39 is 15.6 Å². The average Bonchev–Trinajstić information content (AvgIpc) is 1.98. The van der Waals surface area contributed by atoms with Crippen molar-refractivity contribution < 1.29 is 8.42 Å². The standard InChI is InChI=1S/C9H22N2O2S/c1-4-5-8-14(12,13)11-9(2,3)6-7-10/h11H,4-8,10H2,1-3H3. The molecule has 0 aliphatic heterocycles. The van der Waals surface area contributed by atoms with Crippen molar-refractivity contribution in [2.45, 2.75) is 45.6 Å². The van der Waals surface area contributed by atoms with E-state index in [1.54, 1.807) is 0 Å². The number of hydrogen-bond donors (Lipinski definition) is 2. The van der Waals surface area contributed by atoms with Gasteiger partial charge in [-0.2, -0.15) is 0 Å². The van der Waals surface area contributed by atoms with Crippen molar-refractivity contribution in [1.29, 1.82) is 0 Å². The van der Waals surface area contributed by atoms with Gasteiger partial charge in [-0.25, -0.2) is 13.1 Å². The largest absolute Gasteiger partial charge is 0.330 e. The molecule has 5 heteroatoms. The van der Waals surface area contributed by atoms with Crippen LogP contribution in [0.3, 0.4) is 0 Å². The molecule has 0 rings (SSSR count). The lowest BCUT2D eigenvalue weighted by molar-refractivity contribution is 0.427. The van der Waals surface area contributed by atoms with Gasteiger partial charge in [0.25, 0.3) is 0 Å². The second-order valence-corrected chi connectivity index (χ2v) is 6.04. The number of nitrogens with two attached hydrogens (primary N) is 1. The van der Waals surface area contributed by atoms with Crippen LogP contribution in [0.15, 0.2) is 0 Å². The molecule has 0 unspecified atom stereocenters. The molecule has 14 heavy (non-hydrogen) atoms. The van der Waals surface area contributed by atoms with Gasteiger partial charge in [0.1, 0.15) is 0 Å². The molecule has 0 heterocycles. The van der Waals surface area contributed by atoms with Crippen LogP contribution in [0.2, 0.25) is 0 Å². The summed E-state index contributed by atoms with van der Waals surface area (Å²) in [6.07, 6.45) is 2.24. The Balaban J connectivity index is 4.20. The van der Waals surface area contributed by atoms with Crippen molar-refractivity contribution in [2.75, 3.05) is 12.3 Å². The Labute approximate surface area is 87.3 Å². The first-order valence-electron chi connectivity index (χ1n) is 5.05. The van der Waals surface area contributed by atoms with Crippen LogP contribution in [-0.4, -0.2) is 26.3 Å². The Bertz CT molecular complexity index is 248. The lowest BCUT2D eigenvalue weighted by Gasteiger charge is -2.25. The summed E-state index contributed by atoms with van der Waals surface area (Å²) in [5.41, 5.74) is 4.97. The summed E-state index contributed by atoms with van der Waals surface area (Å²) in [6, 6.07) is 0. The zero-order valence-corrected chi connectivity index (χ0v) is 10.2. The number of rotatable bonds is 7. The summed E-state index contributed by atoms with van der Waals surface area (Å²) in [6.45, 7) is 6.16. The zero-order valence-electron chi connectivity index (χ0n) is 9.34. The van der Waals surface area contributed by atoms with Gasteiger partial charge < -0.3 is 5.73 Å². The molecule has 0 atom stereocenters. The van der Waals surface area contributed by atoms with Crippen molar-refractivity contribution in [3.05, 3.63) is 0 Å². The third kappa shape index (κ3) is 6.34. The van der Waals surface area contributed by atoms with Crippen molar-refractivity contribution >= 4 is 10.0 Å². The van der Waals surface area contributed by atoms with Gasteiger partial charge in [-0.05, 0) is 33.2 Å². The lowest BCUT2D eigenvalue weighted by atomic mass is 10.0. The summed E-state index contributed by atoms with van der Waals surface area (Å²) >= 11 is 0. The molecule has 0 aromatic carbocycles. The molecule has 0 fully saturated rings. The average molecular weight is 222 g/mol. The second-order valence-electron chi connectivity index (χ2n) is 4.20. The van der Waals surface area contributed by atoms with E-state index in [0.717, 1.165) is 6.42 Å². The van der Waals surface area contributed by atoms with E-state index in [9.17, 15) is 8.42 Å². The van der Waals surface area contributed by atoms with Crippen LogP contribution in [0.1, 0.15) is 40.0 Å². The van der Waals surface area contributed by atoms with Crippen molar-refractivity contribution in [3.8, 4) is 0 Å². The van der Waals surface area contributed by atoms with E-state index in [-0.39, 0.29) is 5.75 Å². The maximum atomic E-state index is 11.5. The van der Waals surface area contributed by atoms with Crippen LogP contribution < -0.4 is 10.5 Å². The molecule has 0 aliphatic rings. The summed E-state index contributed by atoms with van der Waals surface area (Å²) in [7, 11) is -3.13. The maximum Gasteiger partial charge on any atom is 0.212 e. The zero-order chi connectivity index (χ0) is 11.2. The smallest absolute Gasteiger partial charge is 0.212 e. The first-order valence-corrected chi connectivity index (χ1v) is 6.70. The summed E-state index contributed by atoms with van der Waals surface area (Å²) in [5.74, 6) is 0.206. The van der Waals surface area contributed by atoms with Crippen LogP contribution in [0.25, 0.3) is 0 Å². The number of unbranched alkanes of at least 4 members (excludes halogenated alkanes) is 1. The van der Waals surface area contributed by atoms with Crippen molar-refractivity contribution in [1.82, 2.24) is 4.72 Å². The van der Waals surface area contributed by atoms with Crippen LogP contribution in [0, 0.1) is 0 Å². The molecule has 0 aromatic heterocycles. The molecule has 0 aliphatic carbocycles. The molecule has 0 bridgehead atoms. The lowest BCUT2D eigenvalue weighted by Crippen LogP contribution is -2.45. The number of sulfonamides is 1. The molecular weight excluding hydrogens is 200 g/mol. The quantitative estimate of drug-likeness (QED) is 0.670. The van der Waals surface area contributed by atoms with Gasteiger partial charge in [0, 0.05) is 5.54 Å². The number of hydrogen-bond acceptors (Lipinski definition) is 3. The van der Waals surface area contributed by atoms with Crippen LogP contribution in [0.4, 0.5) is 0 Å². The molecule has 3 N–H and O–H groups in total. The molecule has 86 valence electrons. The Morgan fingerprint density at radius 3 is 2.36 bits per heavy atom. The Hall–Kier alpha value is -0.130. The van der Waals surface area contributed by atoms with E-state index in [1.165, 1.54) is 0 Å². The van der Waals surface area contributed by atoms with Gasteiger partial charge in [-0.15, -0.1) is 0 Å². The van der Waals surface area contributed by atoms with E-state index in [4.69, 9.17) is 5.73 Å². The van der Waals surface area contributed by atoms with E-state index in [1.807, 2.05) is 20.8 Å². The van der Waals surface area contributed by atoms with E-state index >= 15 is 0 Å². The first-order chi connectivity index (χ1) is 6.33. The predicted octanol–water partition coefficient (Wildman–Crippen LogP) is 0.833. The van der Waals surface area contributed by atoms with Crippen molar-refractivity contribution in [3.63, 3.8) is 0 Å². The Kier molecular flexibility index (Phi) is 5.63. The normalized spacial score (nSPS) is 13.1. The van der Waals surface area contributed by atoms with Gasteiger partial charge >= 0.3 is 0 Å². The molecule has 0 radical (unpaired) electrons. The van der Waals surface area contributed by atoms with Gasteiger partial charge in [0.05, 0.1) is 5.75 Å². The third-order valence-electron chi connectivity index (χ3n) is 1.97. The van der Waals surface area contributed by atoms with Crippen LogP contribution in [0.5, 0.6) is 0 Å². The summed E-state index contributed by atoms with van der Waals surface area (Å²) < 4.78 is 25.7. The highest BCUT2D eigenvalue weighted by Gasteiger charge is 2.23. The third-order valence-corrected chi connectivity index (χ3v) is 3.66. The highest BCUT2D eigenvalue weighted by molar-refractivity contribution is 7.89. The van der Waals surface area contributed by atoms with E-state index in [0.29, 0.717) is 19.4 Å². The van der Waals surface area contributed by atoms with Gasteiger partial charge in [0.2, 0.25) is 10.0 Å². The number of nitrogens with one attached hydrogen (secondary N) is 1. The minimum Gasteiger partial charge on any atom is -0.330 e. The molecule has 0 saturated heterocycles. The topological polar surface area (TPSA) is 72.2 Å². The molecule has 0 amide bonds. The predicted molar refractivity (Wildman–Crippen MR) is 59.6 cm³/mol. The molecule has 0 spiro atoms. The summed E-state index contributed by atoms with van der Waals surface area (Å²) in [5, 5.41) is 0. The molecule has 0 aromatic rings. The Morgan fingerprint density at radius 1 is 1.36 bits per heavy atom. The highest BCUT2D eigenvalue weighted by Crippen LogP contribution is 2.09. The Morgan fingerprint density at radius 2 is 1.93 bits per heavy atom. The van der Waals surface area contributed by atoms with E-state index in [2.05, 4.69) is 4.72 Å². The first kappa shape index (κ1) is 13.9. The SMILES string of the molecule is CCCCS(=O)(=O)NC(C)(C)CCN. The fourth-order valence-electron chi connectivity index (χ4n) is 1.22. The van der Waals surface area contributed by atoms with Crippen LogP contribution in [-0.2, 0) is 10.0 Å². The van der Waals surface area contributed by atoms with Gasteiger partial charge in [-0.1, -0.05) is 13.3 Å². The molecular formula is C9H22N2O2S. The molecule has 4 nitrogen and oxygen atoms in total. The van der Waals surface area contributed by atoms with Gasteiger partial charge in [-0.3, -0.25) is 0 Å². The monoisotopic (exact) mass is 222 g/mol. The van der Waals surface area contributed by atoms with Crippen molar-refractivity contribution in [2.24, 2.45) is 5.73 Å². The van der Waals surface area contributed by atoms with Gasteiger partial charge in [0.15, 0.2) is 0 Å². The fraction of sp³-hybridized carbons (Fsp3) is 1.00. The highest BCUT2D eigenvalue weighted by atomic mass is 32.2. The summed E-state index contributed by atoms with van der Waals surface area (Å²) in [4.78, 5) is 0. The fourth-order valence-corrected chi connectivity index (χ4v) is 2.93. The second kappa shape index (κ2) is 5.68. The minimum absolute atomic E-state index is 0.206. The maximum absolute atomic E-state index is 11.5.